The molecule has 1 N–H and O–H groups in total. The summed E-state index contributed by atoms with van der Waals surface area (Å²) in [6.45, 7) is 5.01. The molecule has 0 saturated carbocycles. The van der Waals surface area contributed by atoms with Crippen molar-refractivity contribution < 1.29 is 17.6 Å². The van der Waals surface area contributed by atoms with Crippen LogP contribution >= 0.6 is 0 Å². The van der Waals surface area contributed by atoms with E-state index in [1.807, 2.05) is 0 Å². The van der Waals surface area contributed by atoms with Gasteiger partial charge >= 0.3 is 6.18 Å². The van der Waals surface area contributed by atoms with Crippen LogP contribution in [0.1, 0.15) is 25.2 Å². The first-order chi connectivity index (χ1) is 8.76. The minimum Gasteiger partial charge on any atom is -0.468 e. The van der Waals surface area contributed by atoms with Crippen molar-refractivity contribution in [3.05, 3.63) is 23.7 Å². The van der Waals surface area contributed by atoms with Crippen molar-refractivity contribution in [2.75, 3.05) is 20.1 Å². The Morgan fingerprint density at radius 3 is 2.63 bits per heavy atom. The zero-order chi connectivity index (χ0) is 14.5. The second-order valence-electron chi connectivity index (χ2n) is 5.23. The van der Waals surface area contributed by atoms with Crippen LogP contribution in [0, 0.1) is 5.92 Å². The van der Waals surface area contributed by atoms with Crippen LogP contribution in [-0.2, 0) is 13.1 Å². The second kappa shape index (κ2) is 6.96. The van der Waals surface area contributed by atoms with Crippen LogP contribution in [0.25, 0.3) is 0 Å². The van der Waals surface area contributed by atoms with Crippen LogP contribution in [0.2, 0.25) is 0 Å². The van der Waals surface area contributed by atoms with Crippen molar-refractivity contribution in [1.82, 2.24) is 10.2 Å². The van der Waals surface area contributed by atoms with E-state index in [1.54, 1.807) is 12.3 Å². The molecule has 0 aliphatic carbocycles. The molecule has 6 heteroatoms. The van der Waals surface area contributed by atoms with Gasteiger partial charge in [0.1, 0.15) is 5.76 Å². The second-order valence-corrected chi connectivity index (χ2v) is 5.23. The zero-order valence-corrected chi connectivity index (χ0v) is 11.5. The predicted octanol–water partition coefficient (Wildman–Crippen LogP) is 3.02. The molecule has 1 aromatic rings. The van der Waals surface area contributed by atoms with E-state index < -0.39 is 12.7 Å². The molecule has 0 aliphatic heterocycles. The van der Waals surface area contributed by atoms with Crippen molar-refractivity contribution in [2.45, 2.75) is 33.1 Å². The maximum Gasteiger partial charge on any atom is 0.401 e. The van der Waals surface area contributed by atoms with Gasteiger partial charge in [-0.05, 0) is 25.6 Å². The van der Waals surface area contributed by atoms with E-state index in [1.165, 1.54) is 11.9 Å². The van der Waals surface area contributed by atoms with E-state index in [4.69, 9.17) is 4.42 Å². The molecule has 3 nitrogen and oxygen atoms in total. The highest BCUT2D eigenvalue weighted by Gasteiger charge is 2.29. The van der Waals surface area contributed by atoms with E-state index in [-0.39, 0.29) is 6.54 Å². The Balaban J connectivity index is 2.38. The maximum atomic E-state index is 12.2. The maximum absolute atomic E-state index is 12.2. The van der Waals surface area contributed by atoms with Crippen LogP contribution < -0.4 is 5.32 Å². The van der Waals surface area contributed by atoms with E-state index in [0.29, 0.717) is 18.2 Å². The van der Waals surface area contributed by atoms with Gasteiger partial charge in [-0.2, -0.15) is 13.2 Å². The minimum atomic E-state index is -4.18. The van der Waals surface area contributed by atoms with Crippen molar-refractivity contribution in [1.29, 1.82) is 0 Å². The number of alkyl halides is 3. The van der Waals surface area contributed by atoms with Gasteiger partial charge < -0.3 is 9.73 Å². The van der Waals surface area contributed by atoms with E-state index in [0.717, 1.165) is 12.1 Å². The molecule has 1 rings (SSSR count). The average Bonchev–Trinajstić information content (AvgIpc) is 2.61. The van der Waals surface area contributed by atoms with Crippen molar-refractivity contribution in [3.8, 4) is 0 Å². The lowest BCUT2D eigenvalue weighted by molar-refractivity contribution is -0.144. The Kier molecular flexibility index (Phi) is 5.87. The molecule has 0 fully saturated rings. The quantitative estimate of drug-likeness (QED) is 0.831. The molecule has 1 heterocycles. The fraction of sp³-hybridized carbons (Fsp3) is 0.692. The number of rotatable bonds is 7. The van der Waals surface area contributed by atoms with Crippen molar-refractivity contribution in [3.63, 3.8) is 0 Å². The molecular weight excluding hydrogens is 257 g/mol. The molecular formula is C13H21F3N2O. The smallest absolute Gasteiger partial charge is 0.401 e. The van der Waals surface area contributed by atoms with Gasteiger partial charge in [-0.1, -0.05) is 13.8 Å². The van der Waals surface area contributed by atoms with E-state index >= 15 is 0 Å². The van der Waals surface area contributed by atoms with Gasteiger partial charge in [0.05, 0.1) is 19.4 Å². The molecule has 0 aliphatic rings. The molecule has 0 bridgehead atoms. The Morgan fingerprint density at radius 2 is 2.05 bits per heavy atom. The monoisotopic (exact) mass is 278 g/mol. The van der Waals surface area contributed by atoms with Crippen LogP contribution in [0.4, 0.5) is 13.2 Å². The van der Waals surface area contributed by atoms with Crippen molar-refractivity contribution in [2.24, 2.45) is 5.92 Å². The van der Waals surface area contributed by atoms with Gasteiger partial charge in [0.15, 0.2) is 0 Å². The lowest BCUT2D eigenvalue weighted by Crippen LogP contribution is -2.30. The summed E-state index contributed by atoms with van der Waals surface area (Å²) in [6, 6.07) is 1.79. The standard InChI is InChI=1S/C13H21F3N2O/c1-10(2)5-17-6-11-4-12(19-8-11)7-18(3)9-13(14,15)16/h4,8,10,17H,5-7,9H2,1-3H3. The topological polar surface area (TPSA) is 28.4 Å². The first-order valence-corrected chi connectivity index (χ1v) is 6.28. The largest absolute Gasteiger partial charge is 0.468 e. The molecule has 0 atom stereocenters. The fourth-order valence-corrected chi connectivity index (χ4v) is 1.73. The lowest BCUT2D eigenvalue weighted by atomic mass is 10.2. The Morgan fingerprint density at radius 1 is 1.37 bits per heavy atom. The SMILES string of the molecule is CC(C)CNCc1coc(CN(C)CC(F)(F)F)c1. The molecule has 110 valence electrons. The van der Waals surface area contributed by atoms with Crippen LogP contribution in [0.5, 0.6) is 0 Å². The summed E-state index contributed by atoms with van der Waals surface area (Å²) in [7, 11) is 1.42. The average molecular weight is 278 g/mol. The number of halogens is 3. The highest BCUT2D eigenvalue weighted by Crippen LogP contribution is 2.17. The van der Waals surface area contributed by atoms with Gasteiger partial charge in [-0.3, -0.25) is 4.90 Å². The van der Waals surface area contributed by atoms with Crippen LogP contribution in [0.15, 0.2) is 16.7 Å². The summed E-state index contributed by atoms with van der Waals surface area (Å²) < 4.78 is 41.8. The minimum absolute atomic E-state index is 0.156. The summed E-state index contributed by atoms with van der Waals surface area (Å²) in [4.78, 5) is 1.18. The summed E-state index contributed by atoms with van der Waals surface area (Å²) in [5.74, 6) is 1.11. The normalized spacial score (nSPS) is 12.6. The van der Waals surface area contributed by atoms with Crippen LogP contribution in [-0.4, -0.2) is 31.2 Å². The van der Waals surface area contributed by atoms with Gasteiger partial charge in [0, 0.05) is 12.1 Å². The predicted molar refractivity (Wildman–Crippen MR) is 67.6 cm³/mol. The Hall–Kier alpha value is -1.01. The number of nitrogens with zero attached hydrogens (tertiary/aromatic N) is 1. The van der Waals surface area contributed by atoms with Gasteiger partial charge in [-0.25, -0.2) is 0 Å². The number of furan rings is 1. The Bertz CT molecular complexity index is 374. The molecule has 0 radical (unpaired) electrons. The first kappa shape index (κ1) is 16.0. The van der Waals surface area contributed by atoms with Gasteiger partial charge in [-0.15, -0.1) is 0 Å². The molecule has 0 amide bonds. The summed E-state index contributed by atoms with van der Waals surface area (Å²) in [5.41, 5.74) is 0.955. The van der Waals surface area contributed by atoms with Gasteiger partial charge in [0.2, 0.25) is 0 Å². The summed E-state index contributed by atoms with van der Waals surface area (Å²) in [6.07, 6.45) is -2.59. The third kappa shape index (κ3) is 7.22. The highest BCUT2D eigenvalue weighted by molar-refractivity contribution is 5.12. The third-order valence-electron chi connectivity index (χ3n) is 2.46. The number of nitrogens with one attached hydrogen (secondary N) is 1. The highest BCUT2D eigenvalue weighted by atomic mass is 19.4. The molecule has 1 aromatic heterocycles. The summed E-state index contributed by atoms with van der Waals surface area (Å²) in [5, 5.41) is 3.25. The molecule has 19 heavy (non-hydrogen) atoms. The Labute approximate surface area is 111 Å². The third-order valence-corrected chi connectivity index (χ3v) is 2.46. The van der Waals surface area contributed by atoms with Gasteiger partial charge in [0.25, 0.3) is 0 Å². The van der Waals surface area contributed by atoms with Crippen molar-refractivity contribution >= 4 is 0 Å². The number of hydrogen-bond donors (Lipinski definition) is 1. The molecule has 0 spiro atoms. The van der Waals surface area contributed by atoms with E-state index in [9.17, 15) is 13.2 Å². The molecule has 0 saturated heterocycles. The number of hydrogen-bond acceptors (Lipinski definition) is 3. The lowest BCUT2D eigenvalue weighted by Gasteiger charge is -2.16. The van der Waals surface area contributed by atoms with Crippen LogP contribution in [0.3, 0.4) is 0 Å². The first-order valence-electron chi connectivity index (χ1n) is 6.28. The molecule has 0 aromatic carbocycles. The van der Waals surface area contributed by atoms with E-state index in [2.05, 4.69) is 19.2 Å². The fourth-order valence-electron chi connectivity index (χ4n) is 1.73. The molecule has 0 unspecified atom stereocenters. The summed E-state index contributed by atoms with van der Waals surface area (Å²) >= 11 is 0. The zero-order valence-electron chi connectivity index (χ0n) is 11.5.